The van der Waals surface area contributed by atoms with Gasteiger partial charge in [-0.05, 0) is 12.1 Å². The Morgan fingerprint density at radius 1 is 1.58 bits per heavy atom. The smallest absolute Gasteiger partial charge is 0.164 e. The molecule has 0 spiro atoms. The molecule has 2 rings (SSSR count). The summed E-state index contributed by atoms with van der Waals surface area (Å²) in [5.41, 5.74) is 3.58. The van der Waals surface area contributed by atoms with Crippen molar-refractivity contribution < 1.29 is 4.74 Å². The van der Waals surface area contributed by atoms with E-state index < -0.39 is 0 Å². The highest BCUT2D eigenvalue weighted by molar-refractivity contribution is 7.16. The highest BCUT2D eigenvalue weighted by Gasteiger charge is 2.07. The van der Waals surface area contributed by atoms with E-state index in [1.807, 2.05) is 6.07 Å². The van der Waals surface area contributed by atoms with E-state index in [1.165, 1.54) is 11.3 Å². The molecular formula is C8H5ClNOS. The molecule has 0 aliphatic rings. The van der Waals surface area contributed by atoms with E-state index in [4.69, 9.17) is 16.3 Å². The lowest BCUT2D eigenvalue weighted by Gasteiger charge is -2.01. The summed E-state index contributed by atoms with van der Waals surface area (Å²) in [6, 6.07) is 3.71. The minimum Gasteiger partial charge on any atom is -0.493 e. The monoisotopic (exact) mass is 198 g/mol. The maximum atomic E-state index is 5.89. The molecule has 12 heavy (non-hydrogen) atoms. The highest BCUT2D eigenvalue weighted by Crippen LogP contribution is 2.33. The summed E-state index contributed by atoms with van der Waals surface area (Å²) >= 11 is 7.34. The van der Waals surface area contributed by atoms with Crippen LogP contribution in [0.25, 0.3) is 10.2 Å². The normalized spacial score (nSPS) is 10.5. The Balaban J connectivity index is 2.83. The molecule has 4 heteroatoms. The Morgan fingerprint density at radius 2 is 2.42 bits per heavy atom. The average Bonchev–Trinajstić information content (AvgIpc) is 2.52. The van der Waals surface area contributed by atoms with Crippen LogP contribution in [0.15, 0.2) is 12.1 Å². The first-order valence-electron chi connectivity index (χ1n) is 3.32. The van der Waals surface area contributed by atoms with Crippen LogP contribution >= 0.6 is 22.9 Å². The van der Waals surface area contributed by atoms with Gasteiger partial charge >= 0.3 is 0 Å². The number of hydrogen-bond acceptors (Lipinski definition) is 3. The number of ether oxygens (including phenoxy) is 1. The van der Waals surface area contributed by atoms with E-state index in [0.29, 0.717) is 10.8 Å². The lowest BCUT2D eigenvalue weighted by atomic mass is 10.3. The second kappa shape index (κ2) is 2.92. The largest absolute Gasteiger partial charge is 0.493 e. The number of halogens is 1. The van der Waals surface area contributed by atoms with Crippen molar-refractivity contribution in [1.82, 2.24) is 4.98 Å². The Bertz CT molecular complexity index is 412. The SMILES string of the molecule is COc1c(Cl)ccc2s[c]nc12. The lowest BCUT2D eigenvalue weighted by molar-refractivity contribution is 0.419. The molecule has 2 nitrogen and oxygen atoms in total. The fourth-order valence-corrected chi connectivity index (χ4v) is 1.86. The second-order valence-corrected chi connectivity index (χ2v) is 3.47. The number of aromatic nitrogens is 1. The van der Waals surface area contributed by atoms with Crippen LogP contribution in [0.1, 0.15) is 0 Å². The molecule has 0 atom stereocenters. The Kier molecular flexibility index (Phi) is 1.90. The first-order chi connectivity index (χ1) is 5.83. The zero-order valence-corrected chi connectivity index (χ0v) is 7.87. The van der Waals surface area contributed by atoms with Gasteiger partial charge in [-0.15, -0.1) is 11.3 Å². The molecular weight excluding hydrogens is 194 g/mol. The molecule has 0 saturated heterocycles. The van der Waals surface area contributed by atoms with Gasteiger partial charge in [0.05, 0.1) is 16.8 Å². The third kappa shape index (κ3) is 1.06. The van der Waals surface area contributed by atoms with Gasteiger partial charge in [-0.3, -0.25) is 0 Å². The van der Waals surface area contributed by atoms with Crippen LogP contribution in [0.3, 0.4) is 0 Å². The predicted molar refractivity (Wildman–Crippen MR) is 50.0 cm³/mol. The van der Waals surface area contributed by atoms with Crippen molar-refractivity contribution >= 4 is 33.2 Å². The summed E-state index contributed by atoms with van der Waals surface area (Å²) < 4.78 is 6.15. The fourth-order valence-electron chi connectivity index (χ4n) is 1.03. The quantitative estimate of drug-likeness (QED) is 0.703. The van der Waals surface area contributed by atoms with Gasteiger partial charge in [-0.2, -0.15) is 0 Å². The molecule has 1 aromatic carbocycles. The molecule has 0 amide bonds. The van der Waals surface area contributed by atoms with Crippen LogP contribution in [0.2, 0.25) is 5.02 Å². The van der Waals surface area contributed by atoms with Crippen LogP contribution in [0.5, 0.6) is 5.75 Å². The molecule has 61 valence electrons. The molecule has 1 heterocycles. The van der Waals surface area contributed by atoms with Gasteiger partial charge in [0, 0.05) is 0 Å². The van der Waals surface area contributed by atoms with Crippen LogP contribution in [0, 0.1) is 5.51 Å². The zero-order chi connectivity index (χ0) is 8.55. The maximum Gasteiger partial charge on any atom is 0.164 e. The standard InChI is InChI=1S/C8H5ClNOS/c1-11-8-5(9)2-3-6-7(8)10-4-12-6/h2-3H,1H3. The number of thiazole rings is 1. The molecule has 2 aromatic rings. The molecule has 0 aliphatic heterocycles. The van der Waals surface area contributed by atoms with E-state index >= 15 is 0 Å². The van der Waals surface area contributed by atoms with Gasteiger partial charge in [-0.25, -0.2) is 4.98 Å². The third-order valence-electron chi connectivity index (χ3n) is 1.56. The van der Waals surface area contributed by atoms with Crippen LogP contribution in [-0.4, -0.2) is 12.1 Å². The first-order valence-corrected chi connectivity index (χ1v) is 4.51. The summed E-state index contributed by atoms with van der Waals surface area (Å²) in [4.78, 5) is 4.03. The minimum atomic E-state index is 0.587. The number of fused-ring (bicyclic) bond motifs is 1. The molecule has 0 aliphatic carbocycles. The van der Waals surface area contributed by atoms with Crippen molar-refractivity contribution in [3.63, 3.8) is 0 Å². The van der Waals surface area contributed by atoms with Crippen LogP contribution in [-0.2, 0) is 0 Å². The Labute approximate surface area is 78.8 Å². The van der Waals surface area contributed by atoms with Crippen molar-refractivity contribution in [3.8, 4) is 5.75 Å². The van der Waals surface area contributed by atoms with E-state index in [0.717, 1.165) is 10.2 Å². The van der Waals surface area contributed by atoms with Crippen molar-refractivity contribution in [1.29, 1.82) is 0 Å². The summed E-state index contributed by atoms with van der Waals surface area (Å²) in [5, 5.41) is 0.587. The summed E-state index contributed by atoms with van der Waals surface area (Å²) in [7, 11) is 1.58. The van der Waals surface area contributed by atoms with E-state index in [1.54, 1.807) is 13.2 Å². The number of rotatable bonds is 1. The van der Waals surface area contributed by atoms with Crippen molar-refractivity contribution in [2.75, 3.05) is 7.11 Å². The summed E-state index contributed by atoms with van der Waals surface area (Å²) in [6.45, 7) is 0. The molecule has 0 unspecified atom stereocenters. The van der Waals surface area contributed by atoms with Gasteiger partial charge < -0.3 is 4.74 Å². The molecule has 0 N–H and O–H groups in total. The number of nitrogens with zero attached hydrogens (tertiary/aromatic N) is 1. The molecule has 1 aromatic heterocycles. The number of benzene rings is 1. The summed E-state index contributed by atoms with van der Waals surface area (Å²) in [6.07, 6.45) is 0. The second-order valence-electron chi connectivity index (χ2n) is 2.23. The van der Waals surface area contributed by atoms with Crippen molar-refractivity contribution in [2.24, 2.45) is 0 Å². The highest BCUT2D eigenvalue weighted by atomic mass is 35.5. The topological polar surface area (TPSA) is 22.1 Å². The first kappa shape index (κ1) is 7.83. The van der Waals surface area contributed by atoms with E-state index in [2.05, 4.69) is 10.5 Å². The van der Waals surface area contributed by atoms with Gasteiger partial charge in [-0.1, -0.05) is 11.6 Å². The Morgan fingerprint density at radius 3 is 3.17 bits per heavy atom. The van der Waals surface area contributed by atoms with Crippen molar-refractivity contribution in [2.45, 2.75) is 0 Å². The maximum absolute atomic E-state index is 5.89. The van der Waals surface area contributed by atoms with E-state index in [-0.39, 0.29) is 0 Å². The third-order valence-corrected chi connectivity index (χ3v) is 2.59. The van der Waals surface area contributed by atoms with Gasteiger partial charge in [0.1, 0.15) is 5.52 Å². The van der Waals surface area contributed by atoms with Crippen LogP contribution in [0.4, 0.5) is 0 Å². The predicted octanol–water partition coefficient (Wildman–Crippen LogP) is 2.76. The molecule has 0 saturated carbocycles. The average molecular weight is 199 g/mol. The van der Waals surface area contributed by atoms with Gasteiger partial charge in [0.25, 0.3) is 0 Å². The summed E-state index contributed by atoms with van der Waals surface area (Å²) in [5.74, 6) is 0.631. The molecule has 0 fully saturated rings. The number of methoxy groups -OCH3 is 1. The number of hydrogen-bond donors (Lipinski definition) is 0. The fraction of sp³-hybridized carbons (Fsp3) is 0.125. The lowest BCUT2D eigenvalue weighted by Crippen LogP contribution is -1.84. The van der Waals surface area contributed by atoms with E-state index in [9.17, 15) is 0 Å². The van der Waals surface area contributed by atoms with Crippen molar-refractivity contribution in [3.05, 3.63) is 22.7 Å². The van der Waals surface area contributed by atoms with Gasteiger partial charge in [0.15, 0.2) is 11.3 Å². The Hall–Kier alpha value is -0.800. The van der Waals surface area contributed by atoms with Crippen LogP contribution < -0.4 is 4.74 Å². The molecule has 0 bridgehead atoms. The molecule has 1 radical (unpaired) electrons. The zero-order valence-electron chi connectivity index (χ0n) is 6.30. The van der Waals surface area contributed by atoms with Gasteiger partial charge in [0.2, 0.25) is 0 Å². The minimum absolute atomic E-state index is 0.587.